The lowest BCUT2D eigenvalue weighted by Gasteiger charge is -2.24. The predicted octanol–water partition coefficient (Wildman–Crippen LogP) is 3.30. The van der Waals surface area contributed by atoms with Gasteiger partial charge in [0.25, 0.3) is 0 Å². The smallest absolute Gasteiger partial charge is 0.137 e. The Labute approximate surface area is 116 Å². The van der Waals surface area contributed by atoms with Gasteiger partial charge < -0.3 is 10.2 Å². The first-order valence-electron chi connectivity index (χ1n) is 7.56. The molecule has 0 saturated carbocycles. The normalized spacial score (nSPS) is 16.3. The first kappa shape index (κ1) is 14.1. The van der Waals surface area contributed by atoms with Gasteiger partial charge in [0.1, 0.15) is 17.5 Å². The number of aromatic nitrogens is 2. The highest BCUT2D eigenvalue weighted by Gasteiger charge is 2.16. The Kier molecular flexibility index (Phi) is 5.00. The molecule has 106 valence electrons. The summed E-state index contributed by atoms with van der Waals surface area (Å²) in [6.07, 6.45) is 6.36. The summed E-state index contributed by atoms with van der Waals surface area (Å²) in [5.74, 6) is 3.00. The molecule has 1 fully saturated rings. The van der Waals surface area contributed by atoms with Crippen LogP contribution >= 0.6 is 0 Å². The highest BCUT2D eigenvalue weighted by Crippen LogP contribution is 2.25. The molecule has 0 aliphatic carbocycles. The highest BCUT2D eigenvalue weighted by atomic mass is 15.2. The number of nitrogens with one attached hydrogen (secondary N) is 1. The van der Waals surface area contributed by atoms with E-state index in [1.165, 1.54) is 31.2 Å². The summed E-state index contributed by atoms with van der Waals surface area (Å²) in [5, 5.41) is 3.42. The van der Waals surface area contributed by atoms with Crippen LogP contribution < -0.4 is 10.2 Å². The van der Waals surface area contributed by atoms with Gasteiger partial charge in [-0.15, -0.1) is 0 Å². The molecule has 1 saturated heterocycles. The van der Waals surface area contributed by atoms with E-state index in [0.29, 0.717) is 0 Å². The van der Waals surface area contributed by atoms with E-state index < -0.39 is 0 Å². The van der Waals surface area contributed by atoms with Gasteiger partial charge in [-0.1, -0.05) is 19.8 Å². The summed E-state index contributed by atoms with van der Waals surface area (Å²) < 4.78 is 0. The molecule has 1 aliphatic rings. The minimum absolute atomic E-state index is 0.864. The van der Waals surface area contributed by atoms with Gasteiger partial charge in [0, 0.05) is 25.2 Å². The number of aryl methyl sites for hydroxylation is 1. The predicted molar refractivity (Wildman–Crippen MR) is 81.0 cm³/mol. The Balaban J connectivity index is 2.25. The quantitative estimate of drug-likeness (QED) is 0.904. The summed E-state index contributed by atoms with van der Waals surface area (Å²) in [5.41, 5.74) is 1.20. The fourth-order valence-corrected chi connectivity index (χ4v) is 2.62. The highest BCUT2D eigenvalue weighted by molar-refractivity contribution is 5.58. The van der Waals surface area contributed by atoms with Gasteiger partial charge in [-0.05, 0) is 33.1 Å². The van der Waals surface area contributed by atoms with E-state index in [2.05, 4.69) is 34.0 Å². The average Bonchev–Trinajstić information content (AvgIpc) is 2.68. The fourth-order valence-electron chi connectivity index (χ4n) is 2.62. The fraction of sp³-hybridized carbons (Fsp3) is 0.733. The molecule has 4 nitrogen and oxygen atoms in total. The molecule has 1 aromatic heterocycles. The average molecular weight is 262 g/mol. The maximum absolute atomic E-state index is 4.68. The number of anilines is 2. The lowest BCUT2D eigenvalue weighted by molar-refractivity contribution is 0.726. The van der Waals surface area contributed by atoms with Crippen LogP contribution in [0.4, 0.5) is 11.6 Å². The summed E-state index contributed by atoms with van der Waals surface area (Å²) >= 11 is 0. The van der Waals surface area contributed by atoms with Gasteiger partial charge in [0.15, 0.2) is 0 Å². The standard InChI is InChI=1S/C15H26N4/c1-4-9-16-14-12(2)15(18-13(3)17-14)19-10-7-5-6-8-11-19/h4-11H2,1-3H3,(H,16,17,18). The molecule has 0 spiro atoms. The van der Waals surface area contributed by atoms with Crippen molar-refractivity contribution in [2.45, 2.75) is 52.9 Å². The van der Waals surface area contributed by atoms with E-state index in [9.17, 15) is 0 Å². The van der Waals surface area contributed by atoms with Crippen LogP contribution in [0.15, 0.2) is 0 Å². The number of nitrogens with zero attached hydrogens (tertiary/aromatic N) is 3. The van der Waals surface area contributed by atoms with E-state index in [0.717, 1.165) is 43.5 Å². The summed E-state index contributed by atoms with van der Waals surface area (Å²) in [6, 6.07) is 0. The molecule has 19 heavy (non-hydrogen) atoms. The van der Waals surface area contributed by atoms with Crippen LogP contribution in [0.3, 0.4) is 0 Å². The zero-order valence-corrected chi connectivity index (χ0v) is 12.5. The van der Waals surface area contributed by atoms with Gasteiger partial charge in [-0.25, -0.2) is 9.97 Å². The largest absolute Gasteiger partial charge is 0.370 e. The molecular formula is C15H26N4. The lowest BCUT2D eigenvalue weighted by Crippen LogP contribution is -2.26. The third-order valence-corrected chi connectivity index (χ3v) is 3.68. The Morgan fingerprint density at radius 2 is 1.74 bits per heavy atom. The molecule has 0 radical (unpaired) electrons. The Hall–Kier alpha value is -1.32. The van der Waals surface area contributed by atoms with Crippen LogP contribution in [-0.2, 0) is 0 Å². The molecule has 2 rings (SSSR count). The van der Waals surface area contributed by atoms with Crippen LogP contribution in [0.1, 0.15) is 50.4 Å². The number of rotatable bonds is 4. The van der Waals surface area contributed by atoms with Crippen molar-refractivity contribution >= 4 is 11.6 Å². The Bertz CT molecular complexity index is 409. The molecule has 0 atom stereocenters. The van der Waals surface area contributed by atoms with E-state index in [4.69, 9.17) is 0 Å². The number of hydrogen-bond donors (Lipinski definition) is 1. The second-order valence-electron chi connectivity index (χ2n) is 5.40. The maximum atomic E-state index is 4.68. The monoisotopic (exact) mass is 262 g/mol. The van der Waals surface area contributed by atoms with E-state index in [1.54, 1.807) is 0 Å². The first-order valence-corrected chi connectivity index (χ1v) is 7.56. The molecule has 4 heteroatoms. The molecule has 1 N–H and O–H groups in total. The third kappa shape index (κ3) is 3.58. The zero-order valence-electron chi connectivity index (χ0n) is 12.5. The summed E-state index contributed by atoms with van der Waals surface area (Å²) in [7, 11) is 0. The van der Waals surface area contributed by atoms with E-state index in [1.807, 2.05) is 6.92 Å². The molecule has 0 bridgehead atoms. The van der Waals surface area contributed by atoms with Crippen molar-refractivity contribution in [1.29, 1.82) is 0 Å². The van der Waals surface area contributed by atoms with Gasteiger partial charge in [-0.3, -0.25) is 0 Å². The van der Waals surface area contributed by atoms with Crippen molar-refractivity contribution in [3.8, 4) is 0 Å². The van der Waals surface area contributed by atoms with Gasteiger partial charge in [0.2, 0.25) is 0 Å². The van der Waals surface area contributed by atoms with Crippen LogP contribution in [0.5, 0.6) is 0 Å². The van der Waals surface area contributed by atoms with E-state index in [-0.39, 0.29) is 0 Å². The molecule has 0 unspecified atom stereocenters. The summed E-state index contributed by atoms with van der Waals surface area (Å²) in [6.45, 7) is 9.52. The van der Waals surface area contributed by atoms with E-state index >= 15 is 0 Å². The molecular weight excluding hydrogens is 236 g/mol. The van der Waals surface area contributed by atoms with Crippen molar-refractivity contribution in [3.63, 3.8) is 0 Å². The van der Waals surface area contributed by atoms with Gasteiger partial charge in [0.05, 0.1) is 0 Å². The minimum Gasteiger partial charge on any atom is -0.370 e. The molecule has 0 aromatic carbocycles. The van der Waals surface area contributed by atoms with Crippen LogP contribution in [0, 0.1) is 13.8 Å². The molecule has 0 amide bonds. The first-order chi connectivity index (χ1) is 9.22. The van der Waals surface area contributed by atoms with Crippen molar-refractivity contribution in [1.82, 2.24) is 9.97 Å². The SMILES string of the molecule is CCCNc1nc(C)nc(N2CCCCCC2)c1C. The van der Waals surface area contributed by atoms with Crippen molar-refractivity contribution in [3.05, 3.63) is 11.4 Å². The Morgan fingerprint density at radius 3 is 2.37 bits per heavy atom. The van der Waals surface area contributed by atoms with Crippen LogP contribution in [0.2, 0.25) is 0 Å². The van der Waals surface area contributed by atoms with Crippen molar-refractivity contribution in [2.75, 3.05) is 29.9 Å². The minimum atomic E-state index is 0.864. The molecule has 1 aliphatic heterocycles. The summed E-state index contributed by atoms with van der Waals surface area (Å²) in [4.78, 5) is 11.7. The van der Waals surface area contributed by atoms with Gasteiger partial charge in [-0.2, -0.15) is 0 Å². The zero-order chi connectivity index (χ0) is 13.7. The van der Waals surface area contributed by atoms with Crippen molar-refractivity contribution in [2.24, 2.45) is 0 Å². The maximum Gasteiger partial charge on any atom is 0.137 e. The third-order valence-electron chi connectivity index (χ3n) is 3.68. The van der Waals surface area contributed by atoms with Gasteiger partial charge >= 0.3 is 0 Å². The molecule has 1 aromatic rings. The van der Waals surface area contributed by atoms with Crippen LogP contribution in [0.25, 0.3) is 0 Å². The second-order valence-corrected chi connectivity index (χ2v) is 5.40. The Morgan fingerprint density at radius 1 is 1.05 bits per heavy atom. The number of hydrogen-bond acceptors (Lipinski definition) is 4. The lowest BCUT2D eigenvalue weighted by atomic mass is 10.2. The topological polar surface area (TPSA) is 41.1 Å². The second kappa shape index (κ2) is 6.73. The van der Waals surface area contributed by atoms with Crippen LogP contribution in [-0.4, -0.2) is 29.6 Å². The van der Waals surface area contributed by atoms with Crippen molar-refractivity contribution < 1.29 is 0 Å². The molecule has 2 heterocycles.